The van der Waals surface area contributed by atoms with Crippen LogP contribution in [0.5, 0.6) is 5.75 Å². The van der Waals surface area contributed by atoms with Gasteiger partial charge in [0.15, 0.2) is 0 Å². The van der Waals surface area contributed by atoms with E-state index in [9.17, 15) is 0 Å². The van der Waals surface area contributed by atoms with Gasteiger partial charge in [-0.05, 0) is 50.1 Å². The van der Waals surface area contributed by atoms with Gasteiger partial charge in [0, 0.05) is 25.0 Å². The van der Waals surface area contributed by atoms with Crippen molar-refractivity contribution in [3.05, 3.63) is 47.9 Å². The molecule has 2 heterocycles. The molecule has 0 bridgehead atoms. The van der Waals surface area contributed by atoms with Crippen LogP contribution in [0.25, 0.3) is 11.3 Å². The van der Waals surface area contributed by atoms with Crippen LogP contribution in [0.2, 0.25) is 0 Å². The van der Waals surface area contributed by atoms with Gasteiger partial charge in [-0.25, -0.2) is 9.97 Å². The molecule has 0 aliphatic rings. The average molecular weight is 323 g/mol. The van der Waals surface area contributed by atoms with Gasteiger partial charge in [-0.2, -0.15) is 5.10 Å². The molecule has 0 fully saturated rings. The normalized spacial score (nSPS) is 10.7. The first-order valence-corrected chi connectivity index (χ1v) is 7.90. The Hall–Kier alpha value is -2.89. The minimum atomic E-state index is 0.551. The number of anilines is 2. The van der Waals surface area contributed by atoms with E-state index in [1.807, 2.05) is 52.3 Å². The Morgan fingerprint density at radius 1 is 1.17 bits per heavy atom. The van der Waals surface area contributed by atoms with Crippen LogP contribution in [0.3, 0.4) is 0 Å². The van der Waals surface area contributed by atoms with Gasteiger partial charge in [0.25, 0.3) is 0 Å². The minimum absolute atomic E-state index is 0.551. The highest BCUT2D eigenvalue weighted by atomic mass is 16.5. The lowest BCUT2D eigenvalue weighted by atomic mass is 10.0. The molecule has 6 nitrogen and oxygen atoms in total. The molecule has 0 unspecified atom stereocenters. The van der Waals surface area contributed by atoms with E-state index in [0.29, 0.717) is 12.6 Å². The van der Waals surface area contributed by atoms with Gasteiger partial charge in [0.05, 0.1) is 24.2 Å². The first kappa shape index (κ1) is 16.0. The Morgan fingerprint density at radius 2 is 2.00 bits per heavy atom. The van der Waals surface area contributed by atoms with Crippen LogP contribution in [0, 0.1) is 13.8 Å². The maximum atomic E-state index is 5.61. The second-order valence-corrected chi connectivity index (χ2v) is 5.67. The second kappa shape index (κ2) is 6.70. The van der Waals surface area contributed by atoms with Gasteiger partial charge in [-0.3, -0.25) is 4.68 Å². The van der Waals surface area contributed by atoms with Gasteiger partial charge < -0.3 is 10.1 Å². The Bertz CT molecular complexity index is 856. The quantitative estimate of drug-likeness (QED) is 0.776. The molecular formula is C18H21N5O. The Kier molecular flexibility index (Phi) is 4.46. The second-order valence-electron chi connectivity index (χ2n) is 5.67. The fourth-order valence-corrected chi connectivity index (χ4v) is 2.52. The highest BCUT2D eigenvalue weighted by molar-refractivity contribution is 5.66. The van der Waals surface area contributed by atoms with E-state index in [-0.39, 0.29) is 0 Å². The van der Waals surface area contributed by atoms with Crippen LogP contribution in [0.4, 0.5) is 11.6 Å². The largest absolute Gasteiger partial charge is 0.494 e. The van der Waals surface area contributed by atoms with Crippen molar-refractivity contribution < 1.29 is 4.74 Å². The number of aromatic nitrogens is 4. The maximum absolute atomic E-state index is 5.61. The standard InChI is InChI=1S/C18H21N5O/c1-5-24-16-7-6-14(8-12(16)2)17-13(3)9-19-18(22-17)21-15-10-20-23(4)11-15/h6-11H,5H2,1-4H3,(H,19,21,22). The summed E-state index contributed by atoms with van der Waals surface area (Å²) in [4.78, 5) is 9.02. The number of aryl methyl sites for hydroxylation is 3. The molecule has 0 saturated heterocycles. The topological polar surface area (TPSA) is 64.9 Å². The number of rotatable bonds is 5. The highest BCUT2D eigenvalue weighted by Gasteiger charge is 2.09. The first-order chi connectivity index (χ1) is 11.6. The number of nitrogens with zero attached hydrogens (tertiary/aromatic N) is 4. The smallest absolute Gasteiger partial charge is 0.227 e. The van der Waals surface area contributed by atoms with Crippen LogP contribution >= 0.6 is 0 Å². The molecule has 24 heavy (non-hydrogen) atoms. The third-order valence-corrected chi connectivity index (χ3v) is 3.68. The molecule has 124 valence electrons. The minimum Gasteiger partial charge on any atom is -0.494 e. The van der Waals surface area contributed by atoms with E-state index in [4.69, 9.17) is 4.74 Å². The molecule has 0 atom stereocenters. The molecule has 2 aromatic heterocycles. The van der Waals surface area contributed by atoms with Crippen molar-refractivity contribution in [3.8, 4) is 17.0 Å². The van der Waals surface area contributed by atoms with Crippen molar-refractivity contribution >= 4 is 11.6 Å². The van der Waals surface area contributed by atoms with Crippen molar-refractivity contribution in [1.82, 2.24) is 19.7 Å². The van der Waals surface area contributed by atoms with E-state index in [2.05, 4.69) is 26.4 Å². The molecule has 0 amide bonds. The maximum Gasteiger partial charge on any atom is 0.227 e. The third kappa shape index (κ3) is 3.37. The van der Waals surface area contributed by atoms with Crippen LogP contribution < -0.4 is 10.1 Å². The lowest BCUT2D eigenvalue weighted by Crippen LogP contribution is -2.00. The number of hydrogen-bond acceptors (Lipinski definition) is 5. The Labute approximate surface area is 141 Å². The monoisotopic (exact) mass is 323 g/mol. The fourth-order valence-electron chi connectivity index (χ4n) is 2.52. The van der Waals surface area contributed by atoms with E-state index in [1.54, 1.807) is 10.9 Å². The predicted molar refractivity (Wildman–Crippen MR) is 94.6 cm³/mol. The van der Waals surface area contributed by atoms with Crippen molar-refractivity contribution in [2.75, 3.05) is 11.9 Å². The van der Waals surface area contributed by atoms with Crippen LogP contribution in [0.15, 0.2) is 36.8 Å². The lowest BCUT2D eigenvalue weighted by molar-refractivity contribution is 0.338. The van der Waals surface area contributed by atoms with E-state index < -0.39 is 0 Å². The summed E-state index contributed by atoms with van der Waals surface area (Å²) < 4.78 is 7.34. The molecular weight excluding hydrogens is 302 g/mol. The summed E-state index contributed by atoms with van der Waals surface area (Å²) in [6.45, 7) is 6.69. The van der Waals surface area contributed by atoms with Crippen molar-refractivity contribution in [2.24, 2.45) is 7.05 Å². The molecule has 3 aromatic rings. The molecule has 0 aliphatic carbocycles. The average Bonchev–Trinajstić information content (AvgIpc) is 2.96. The summed E-state index contributed by atoms with van der Waals surface area (Å²) in [5.41, 5.74) is 4.92. The third-order valence-electron chi connectivity index (χ3n) is 3.68. The van der Waals surface area contributed by atoms with Crippen LogP contribution in [0.1, 0.15) is 18.1 Å². The van der Waals surface area contributed by atoms with Gasteiger partial charge in [-0.1, -0.05) is 0 Å². The molecule has 0 spiro atoms. The van der Waals surface area contributed by atoms with Crippen molar-refractivity contribution in [2.45, 2.75) is 20.8 Å². The summed E-state index contributed by atoms with van der Waals surface area (Å²) in [5, 5.41) is 7.31. The van der Waals surface area contributed by atoms with Gasteiger partial charge in [0.2, 0.25) is 5.95 Å². The van der Waals surface area contributed by atoms with Gasteiger partial charge in [0.1, 0.15) is 5.75 Å². The zero-order valence-corrected chi connectivity index (χ0v) is 14.4. The molecule has 1 aromatic carbocycles. The number of ether oxygens (including phenoxy) is 1. The molecule has 6 heteroatoms. The van der Waals surface area contributed by atoms with Crippen molar-refractivity contribution in [3.63, 3.8) is 0 Å². The van der Waals surface area contributed by atoms with E-state index >= 15 is 0 Å². The summed E-state index contributed by atoms with van der Waals surface area (Å²) in [6, 6.07) is 6.11. The zero-order chi connectivity index (χ0) is 17.1. The van der Waals surface area contributed by atoms with Gasteiger partial charge >= 0.3 is 0 Å². The lowest BCUT2D eigenvalue weighted by Gasteiger charge is -2.11. The number of nitrogens with one attached hydrogen (secondary N) is 1. The summed E-state index contributed by atoms with van der Waals surface area (Å²) in [5.74, 6) is 1.46. The van der Waals surface area contributed by atoms with Crippen LogP contribution in [-0.4, -0.2) is 26.4 Å². The number of hydrogen-bond donors (Lipinski definition) is 1. The molecule has 0 radical (unpaired) electrons. The molecule has 0 aliphatic heterocycles. The van der Waals surface area contributed by atoms with E-state index in [1.165, 1.54) is 0 Å². The summed E-state index contributed by atoms with van der Waals surface area (Å²) in [6.07, 6.45) is 5.45. The van der Waals surface area contributed by atoms with Gasteiger partial charge in [-0.15, -0.1) is 0 Å². The highest BCUT2D eigenvalue weighted by Crippen LogP contribution is 2.28. The Balaban J connectivity index is 1.92. The summed E-state index contributed by atoms with van der Waals surface area (Å²) in [7, 11) is 1.87. The number of benzene rings is 1. The fraction of sp³-hybridized carbons (Fsp3) is 0.278. The van der Waals surface area contributed by atoms with E-state index in [0.717, 1.165) is 33.8 Å². The van der Waals surface area contributed by atoms with Crippen molar-refractivity contribution in [1.29, 1.82) is 0 Å². The summed E-state index contributed by atoms with van der Waals surface area (Å²) >= 11 is 0. The van der Waals surface area contributed by atoms with Crippen LogP contribution in [-0.2, 0) is 7.05 Å². The molecule has 1 N–H and O–H groups in total. The molecule has 0 saturated carbocycles. The molecule has 3 rings (SSSR count). The zero-order valence-electron chi connectivity index (χ0n) is 14.4. The predicted octanol–water partition coefficient (Wildman–Crippen LogP) is 3.64. The SMILES string of the molecule is CCOc1ccc(-c2nc(Nc3cnn(C)c3)ncc2C)cc1C. The Morgan fingerprint density at radius 3 is 2.67 bits per heavy atom. The first-order valence-electron chi connectivity index (χ1n) is 7.90.